The number of imidazole rings is 1. The summed E-state index contributed by atoms with van der Waals surface area (Å²) in [6, 6.07) is 6.73. The number of nitrogens with zero attached hydrogens (tertiary/aromatic N) is 2. The summed E-state index contributed by atoms with van der Waals surface area (Å²) >= 11 is 6.18. The van der Waals surface area contributed by atoms with Crippen LogP contribution in [0.25, 0.3) is 11.0 Å². The maximum absolute atomic E-state index is 6.18. The Morgan fingerprint density at radius 2 is 1.94 bits per heavy atom. The molecule has 1 aromatic heterocycles. The monoisotopic (exact) mass is 236 g/mol. The van der Waals surface area contributed by atoms with Gasteiger partial charge in [-0.2, -0.15) is 0 Å². The molecule has 1 heterocycles. The summed E-state index contributed by atoms with van der Waals surface area (Å²) in [5.74, 6) is 0.956. The minimum Gasteiger partial charge on any atom is -0.324 e. The van der Waals surface area contributed by atoms with Gasteiger partial charge in [-0.05, 0) is 45.4 Å². The molecule has 0 spiro atoms. The SMILES string of the molecule is Cc1ccc2c(c1)nc(C(C)Cl)n2C(C)C. The molecule has 0 N–H and O–H groups in total. The summed E-state index contributed by atoms with van der Waals surface area (Å²) < 4.78 is 2.21. The molecule has 0 radical (unpaired) electrons. The molecule has 16 heavy (non-hydrogen) atoms. The lowest BCUT2D eigenvalue weighted by Crippen LogP contribution is -2.06. The van der Waals surface area contributed by atoms with E-state index in [0.29, 0.717) is 6.04 Å². The fourth-order valence-electron chi connectivity index (χ4n) is 2.05. The predicted molar refractivity (Wildman–Crippen MR) is 69.1 cm³/mol. The molecule has 0 fully saturated rings. The van der Waals surface area contributed by atoms with Gasteiger partial charge >= 0.3 is 0 Å². The second-order valence-electron chi connectivity index (χ2n) is 4.54. The normalized spacial score (nSPS) is 13.6. The third-order valence-electron chi connectivity index (χ3n) is 2.74. The first kappa shape index (κ1) is 11.5. The number of hydrogen-bond acceptors (Lipinski definition) is 1. The van der Waals surface area contributed by atoms with Gasteiger partial charge in [0.1, 0.15) is 5.82 Å². The van der Waals surface area contributed by atoms with E-state index >= 15 is 0 Å². The Labute approximate surface area is 101 Å². The number of rotatable bonds is 2. The number of aromatic nitrogens is 2. The van der Waals surface area contributed by atoms with Crippen LogP contribution in [0.2, 0.25) is 0 Å². The second-order valence-corrected chi connectivity index (χ2v) is 5.20. The molecule has 0 saturated heterocycles. The van der Waals surface area contributed by atoms with Crippen molar-refractivity contribution in [3.8, 4) is 0 Å². The highest BCUT2D eigenvalue weighted by Crippen LogP contribution is 2.28. The third kappa shape index (κ3) is 1.82. The Bertz CT molecular complexity index is 512. The fourth-order valence-corrected chi connectivity index (χ4v) is 2.20. The number of halogens is 1. The van der Waals surface area contributed by atoms with Crippen LogP contribution in [0.3, 0.4) is 0 Å². The van der Waals surface area contributed by atoms with E-state index in [4.69, 9.17) is 11.6 Å². The maximum Gasteiger partial charge on any atom is 0.127 e. The third-order valence-corrected chi connectivity index (χ3v) is 2.94. The highest BCUT2D eigenvalue weighted by Gasteiger charge is 2.16. The van der Waals surface area contributed by atoms with E-state index in [9.17, 15) is 0 Å². The molecule has 1 unspecified atom stereocenters. The van der Waals surface area contributed by atoms with Gasteiger partial charge in [0, 0.05) is 6.04 Å². The van der Waals surface area contributed by atoms with Crippen molar-refractivity contribution < 1.29 is 0 Å². The number of alkyl halides is 1. The smallest absolute Gasteiger partial charge is 0.127 e. The van der Waals surface area contributed by atoms with Gasteiger partial charge in [-0.25, -0.2) is 4.98 Å². The van der Waals surface area contributed by atoms with Gasteiger partial charge < -0.3 is 4.57 Å². The molecule has 2 nitrogen and oxygen atoms in total. The van der Waals surface area contributed by atoms with Gasteiger partial charge in [0.15, 0.2) is 0 Å². The van der Waals surface area contributed by atoms with Gasteiger partial charge in [-0.1, -0.05) is 6.07 Å². The van der Waals surface area contributed by atoms with Crippen LogP contribution in [0, 0.1) is 6.92 Å². The molecule has 86 valence electrons. The van der Waals surface area contributed by atoms with Gasteiger partial charge in [-0.3, -0.25) is 0 Å². The van der Waals surface area contributed by atoms with Crippen molar-refractivity contribution in [2.75, 3.05) is 0 Å². The van der Waals surface area contributed by atoms with Gasteiger partial charge in [-0.15, -0.1) is 11.6 Å². The average molecular weight is 237 g/mol. The van der Waals surface area contributed by atoms with Crippen LogP contribution < -0.4 is 0 Å². The quantitative estimate of drug-likeness (QED) is 0.714. The minimum absolute atomic E-state index is 0.0601. The lowest BCUT2D eigenvalue weighted by atomic mass is 10.2. The molecule has 0 bridgehead atoms. The van der Waals surface area contributed by atoms with Gasteiger partial charge in [0.05, 0.1) is 16.4 Å². The van der Waals surface area contributed by atoms with Crippen molar-refractivity contribution in [3.63, 3.8) is 0 Å². The Morgan fingerprint density at radius 3 is 2.50 bits per heavy atom. The number of fused-ring (bicyclic) bond motifs is 1. The van der Waals surface area contributed by atoms with Crippen LogP contribution in [0.15, 0.2) is 18.2 Å². The van der Waals surface area contributed by atoms with Gasteiger partial charge in [0.2, 0.25) is 0 Å². The zero-order valence-electron chi connectivity index (χ0n) is 10.2. The summed E-state index contributed by atoms with van der Waals surface area (Å²) in [6.07, 6.45) is 0. The molecule has 0 saturated carbocycles. The summed E-state index contributed by atoms with van der Waals surface area (Å²) in [7, 11) is 0. The highest BCUT2D eigenvalue weighted by atomic mass is 35.5. The van der Waals surface area contributed by atoms with Crippen LogP contribution >= 0.6 is 11.6 Å². The zero-order valence-corrected chi connectivity index (χ0v) is 10.9. The van der Waals surface area contributed by atoms with Crippen molar-refractivity contribution in [1.29, 1.82) is 0 Å². The van der Waals surface area contributed by atoms with Crippen LogP contribution in [0.5, 0.6) is 0 Å². The first-order valence-corrected chi connectivity index (χ1v) is 6.07. The predicted octanol–water partition coefficient (Wildman–Crippen LogP) is 4.23. The molecule has 0 amide bonds. The van der Waals surface area contributed by atoms with Crippen LogP contribution in [-0.2, 0) is 0 Å². The Kier molecular flexibility index (Phi) is 2.94. The summed E-state index contributed by atoms with van der Waals surface area (Å²) in [6.45, 7) is 8.36. The van der Waals surface area contributed by atoms with Crippen molar-refractivity contribution in [3.05, 3.63) is 29.6 Å². The van der Waals surface area contributed by atoms with Crippen molar-refractivity contribution in [2.24, 2.45) is 0 Å². The maximum atomic E-state index is 6.18. The van der Waals surface area contributed by atoms with E-state index in [-0.39, 0.29) is 5.38 Å². The summed E-state index contributed by atoms with van der Waals surface area (Å²) in [5, 5.41) is -0.0601. The zero-order chi connectivity index (χ0) is 11.9. The van der Waals surface area contributed by atoms with E-state index in [0.717, 1.165) is 11.3 Å². The van der Waals surface area contributed by atoms with E-state index in [1.54, 1.807) is 0 Å². The van der Waals surface area contributed by atoms with E-state index < -0.39 is 0 Å². The number of benzene rings is 1. The molecule has 2 rings (SSSR count). The Morgan fingerprint density at radius 1 is 1.25 bits per heavy atom. The standard InChI is InChI=1S/C13H17ClN2/c1-8(2)16-12-6-5-9(3)7-11(12)15-13(16)10(4)14/h5-8,10H,1-4H3. The lowest BCUT2D eigenvalue weighted by Gasteiger charge is -2.14. The van der Waals surface area contributed by atoms with Crippen molar-refractivity contribution in [1.82, 2.24) is 9.55 Å². The lowest BCUT2D eigenvalue weighted by molar-refractivity contribution is 0.584. The Hall–Kier alpha value is -1.02. The van der Waals surface area contributed by atoms with Crippen LogP contribution in [-0.4, -0.2) is 9.55 Å². The number of aryl methyl sites for hydroxylation is 1. The summed E-state index contributed by atoms with van der Waals surface area (Å²) in [4.78, 5) is 4.63. The van der Waals surface area contributed by atoms with Crippen molar-refractivity contribution >= 4 is 22.6 Å². The average Bonchev–Trinajstić information content (AvgIpc) is 2.55. The fraction of sp³-hybridized carbons (Fsp3) is 0.462. The largest absolute Gasteiger partial charge is 0.324 e. The molecule has 1 aromatic carbocycles. The first-order valence-electron chi connectivity index (χ1n) is 5.63. The van der Waals surface area contributed by atoms with E-state index in [2.05, 4.69) is 48.5 Å². The molecule has 0 aliphatic heterocycles. The molecule has 0 aliphatic rings. The highest BCUT2D eigenvalue weighted by molar-refractivity contribution is 6.20. The van der Waals surface area contributed by atoms with Crippen LogP contribution in [0.1, 0.15) is 43.6 Å². The van der Waals surface area contributed by atoms with E-state index in [1.807, 2.05) is 6.92 Å². The van der Waals surface area contributed by atoms with Crippen molar-refractivity contribution in [2.45, 2.75) is 39.1 Å². The van der Waals surface area contributed by atoms with Gasteiger partial charge in [0.25, 0.3) is 0 Å². The topological polar surface area (TPSA) is 17.8 Å². The van der Waals surface area contributed by atoms with E-state index in [1.165, 1.54) is 11.1 Å². The molecule has 3 heteroatoms. The molecule has 1 atom stereocenters. The number of hydrogen-bond donors (Lipinski definition) is 0. The summed E-state index contributed by atoms with van der Waals surface area (Å²) in [5.41, 5.74) is 3.44. The van der Waals surface area contributed by atoms with Crippen LogP contribution in [0.4, 0.5) is 0 Å². The second kappa shape index (κ2) is 4.10. The molecule has 0 aliphatic carbocycles. The molecular weight excluding hydrogens is 220 g/mol. The first-order chi connectivity index (χ1) is 7.50. The minimum atomic E-state index is -0.0601. The Balaban J connectivity index is 2.75. The molecular formula is C13H17ClN2. The molecule has 2 aromatic rings.